The van der Waals surface area contributed by atoms with E-state index < -0.39 is 11.9 Å². The fourth-order valence-corrected chi connectivity index (χ4v) is 2.38. The van der Waals surface area contributed by atoms with Crippen molar-refractivity contribution in [1.29, 1.82) is 0 Å². The van der Waals surface area contributed by atoms with Crippen molar-refractivity contribution in [3.8, 4) is 11.1 Å². The van der Waals surface area contributed by atoms with Crippen LogP contribution < -0.4 is 11.2 Å². The summed E-state index contributed by atoms with van der Waals surface area (Å²) in [5.41, 5.74) is 7.11. The van der Waals surface area contributed by atoms with Gasteiger partial charge in [-0.05, 0) is 30.7 Å². The molecule has 3 aromatic rings. The average molecular weight is 283 g/mol. The number of benzene rings is 2. The molecule has 0 aliphatic carbocycles. The zero-order valence-electron chi connectivity index (χ0n) is 11.5. The highest BCUT2D eigenvalue weighted by molar-refractivity contribution is 5.83. The second-order valence-electron chi connectivity index (χ2n) is 4.97. The van der Waals surface area contributed by atoms with E-state index in [9.17, 15) is 9.18 Å². The van der Waals surface area contributed by atoms with Gasteiger partial charge >= 0.3 is 0 Å². The Labute approximate surface area is 120 Å². The zero-order chi connectivity index (χ0) is 15.0. The van der Waals surface area contributed by atoms with Crippen molar-refractivity contribution in [2.45, 2.75) is 13.0 Å². The maximum atomic E-state index is 13.4. The molecule has 0 bridgehead atoms. The molecule has 4 heteroatoms. The van der Waals surface area contributed by atoms with Gasteiger partial charge in [0.05, 0.1) is 17.0 Å². The monoisotopic (exact) mass is 283 g/mol. The van der Waals surface area contributed by atoms with E-state index in [1.54, 1.807) is 6.92 Å². The van der Waals surface area contributed by atoms with E-state index in [4.69, 9.17) is 10.2 Å². The molecule has 106 valence electrons. The van der Waals surface area contributed by atoms with Crippen molar-refractivity contribution >= 4 is 11.0 Å². The molecule has 0 saturated heterocycles. The molecule has 21 heavy (non-hydrogen) atoms. The number of fused-ring (bicyclic) bond motifs is 1. The van der Waals surface area contributed by atoms with Crippen LogP contribution in [0, 0.1) is 5.82 Å². The highest BCUT2D eigenvalue weighted by Crippen LogP contribution is 2.28. The summed E-state index contributed by atoms with van der Waals surface area (Å²) >= 11 is 0. The Balaban J connectivity index is 2.43. The third-order valence-electron chi connectivity index (χ3n) is 3.36. The number of hydrogen-bond acceptors (Lipinski definition) is 3. The third-order valence-corrected chi connectivity index (χ3v) is 3.36. The molecule has 1 unspecified atom stereocenters. The molecule has 2 aromatic carbocycles. The molecular formula is C17H14FNO2. The number of halogens is 1. The maximum Gasteiger partial charge on any atom is 0.200 e. The van der Waals surface area contributed by atoms with Crippen molar-refractivity contribution in [2.75, 3.05) is 0 Å². The van der Waals surface area contributed by atoms with Crippen LogP contribution in [0.25, 0.3) is 22.1 Å². The first-order valence-corrected chi connectivity index (χ1v) is 6.65. The van der Waals surface area contributed by atoms with Crippen LogP contribution >= 0.6 is 0 Å². The molecular weight excluding hydrogens is 269 g/mol. The molecule has 0 amide bonds. The van der Waals surface area contributed by atoms with Gasteiger partial charge in [-0.25, -0.2) is 4.39 Å². The van der Waals surface area contributed by atoms with Gasteiger partial charge in [-0.3, -0.25) is 4.79 Å². The quantitative estimate of drug-likeness (QED) is 0.781. The largest absolute Gasteiger partial charge is 0.458 e. The molecule has 3 nitrogen and oxygen atoms in total. The van der Waals surface area contributed by atoms with Gasteiger partial charge in [0.25, 0.3) is 0 Å². The van der Waals surface area contributed by atoms with Crippen LogP contribution in [0.15, 0.2) is 57.7 Å². The molecule has 0 spiro atoms. The van der Waals surface area contributed by atoms with Crippen LogP contribution in [0.4, 0.5) is 4.39 Å². The second kappa shape index (κ2) is 5.14. The Morgan fingerprint density at radius 2 is 1.86 bits per heavy atom. The first-order chi connectivity index (χ1) is 10.1. The van der Waals surface area contributed by atoms with Crippen LogP contribution in [0.1, 0.15) is 18.7 Å². The van der Waals surface area contributed by atoms with Gasteiger partial charge in [0.1, 0.15) is 17.2 Å². The summed E-state index contributed by atoms with van der Waals surface area (Å²) < 4.78 is 19.2. The topological polar surface area (TPSA) is 56.2 Å². The van der Waals surface area contributed by atoms with Crippen molar-refractivity contribution in [2.24, 2.45) is 5.73 Å². The van der Waals surface area contributed by atoms with E-state index in [0.717, 1.165) is 0 Å². The SMILES string of the molecule is CC(N)c1oc2ccc(F)cc2c(=O)c1-c1ccccc1. The Morgan fingerprint density at radius 3 is 2.52 bits per heavy atom. The fraction of sp³-hybridized carbons (Fsp3) is 0.118. The number of hydrogen-bond donors (Lipinski definition) is 1. The van der Waals surface area contributed by atoms with E-state index in [1.165, 1.54) is 18.2 Å². The van der Waals surface area contributed by atoms with E-state index in [0.29, 0.717) is 22.5 Å². The van der Waals surface area contributed by atoms with Crippen LogP contribution in [0.2, 0.25) is 0 Å². The second-order valence-corrected chi connectivity index (χ2v) is 4.97. The van der Waals surface area contributed by atoms with Gasteiger partial charge in [0.2, 0.25) is 5.43 Å². The Morgan fingerprint density at radius 1 is 1.14 bits per heavy atom. The van der Waals surface area contributed by atoms with E-state index >= 15 is 0 Å². The van der Waals surface area contributed by atoms with Gasteiger partial charge in [0.15, 0.2) is 0 Å². The van der Waals surface area contributed by atoms with Gasteiger partial charge in [0, 0.05) is 0 Å². The minimum Gasteiger partial charge on any atom is -0.458 e. The lowest BCUT2D eigenvalue weighted by Crippen LogP contribution is -2.15. The van der Waals surface area contributed by atoms with Crippen molar-refractivity contribution in [3.63, 3.8) is 0 Å². The number of rotatable bonds is 2. The molecule has 1 heterocycles. The molecule has 1 atom stereocenters. The molecule has 0 aliphatic rings. The van der Waals surface area contributed by atoms with Gasteiger partial charge in [-0.1, -0.05) is 30.3 Å². The first kappa shape index (κ1) is 13.5. The normalized spacial score (nSPS) is 12.5. The average Bonchev–Trinajstić information content (AvgIpc) is 2.48. The zero-order valence-corrected chi connectivity index (χ0v) is 11.5. The lowest BCUT2D eigenvalue weighted by Gasteiger charge is -2.12. The van der Waals surface area contributed by atoms with Gasteiger partial charge in [-0.2, -0.15) is 0 Å². The first-order valence-electron chi connectivity index (χ1n) is 6.65. The molecule has 0 saturated carbocycles. The molecule has 0 aliphatic heterocycles. The Bertz CT molecular complexity index is 854. The van der Waals surface area contributed by atoms with Crippen LogP contribution in [-0.2, 0) is 0 Å². The highest BCUT2D eigenvalue weighted by atomic mass is 19.1. The molecule has 0 fully saturated rings. The lowest BCUT2D eigenvalue weighted by atomic mass is 9.99. The predicted molar refractivity (Wildman–Crippen MR) is 80.5 cm³/mol. The lowest BCUT2D eigenvalue weighted by molar-refractivity contribution is 0.502. The summed E-state index contributed by atoms with van der Waals surface area (Å²) in [4.78, 5) is 12.7. The summed E-state index contributed by atoms with van der Waals surface area (Å²) in [7, 11) is 0. The predicted octanol–water partition coefficient (Wildman–Crippen LogP) is 3.62. The fourth-order valence-electron chi connectivity index (χ4n) is 2.38. The van der Waals surface area contributed by atoms with Crippen molar-refractivity contribution in [1.82, 2.24) is 0 Å². The van der Waals surface area contributed by atoms with Gasteiger partial charge in [-0.15, -0.1) is 0 Å². The number of nitrogens with two attached hydrogens (primary N) is 1. The van der Waals surface area contributed by atoms with Crippen molar-refractivity contribution < 1.29 is 8.81 Å². The summed E-state index contributed by atoms with van der Waals surface area (Å²) in [6, 6.07) is 12.6. The summed E-state index contributed by atoms with van der Waals surface area (Å²) in [6.45, 7) is 1.75. The Kier molecular flexibility index (Phi) is 3.31. The van der Waals surface area contributed by atoms with Crippen molar-refractivity contribution in [3.05, 3.63) is 70.3 Å². The third kappa shape index (κ3) is 2.34. The van der Waals surface area contributed by atoms with E-state index in [-0.39, 0.29) is 10.8 Å². The van der Waals surface area contributed by atoms with E-state index in [2.05, 4.69) is 0 Å². The smallest absolute Gasteiger partial charge is 0.200 e. The minimum absolute atomic E-state index is 0.221. The van der Waals surface area contributed by atoms with Crippen LogP contribution in [-0.4, -0.2) is 0 Å². The van der Waals surface area contributed by atoms with Crippen LogP contribution in [0.5, 0.6) is 0 Å². The summed E-state index contributed by atoms with van der Waals surface area (Å²) in [5, 5.41) is 0.221. The van der Waals surface area contributed by atoms with E-state index in [1.807, 2.05) is 30.3 Å². The maximum absolute atomic E-state index is 13.4. The highest BCUT2D eigenvalue weighted by Gasteiger charge is 2.18. The summed E-state index contributed by atoms with van der Waals surface area (Å²) in [5.74, 6) is -0.0623. The molecule has 2 N–H and O–H groups in total. The molecule has 3 rings (SSSR count). The minimum atomic E-state index is -0.470. The van der Waals surface area contributed by atoms with Crippen LogP contribution in [0.3, 0.4) is 0 Å². The molecule has 0 radical (unpaired) electrons. The Hall–Kier alpha value is -2.46. The molecule has 1 aromatic heterocycles. The summed E-state index contributed by atoms with van der Waals surface area (Å²) in [6.07, 6.45) is 0. The van der Waals surface area contributed by atoms with Gasteiger partial charge < -0.3 is 10.2 Å². The standard InChI is InChI=1S/C17H14FNO2/c1-10(19)17-15(11-5-3-2-4-6-11)16(20)13-9-12(18)7-8-14(13)21-17/h2-10H,19H2,1H3.